The molecule has 1 aromatic carbocycles. The van der Waals surface area contributed by atoms with Crippen molar-refractivity contribution in [3.05, 3.63) is 42.0 Å². The number of rotatable bonds is 8. The zero-order valence-corrected chi connectivity index (χ0v) is 12.1. The summed E-state index contributed by atoms with van der Waals surface area (Å²) in [7, 11) is 0. The highest BCUT2D eigenvalue weighted by atomic mass is 16.5. The predicted molar refractivity (Wildman–Crippen MR) is 78.7 cm³/mol. The molecule has 0 saturated carbocycles. The van der Waals surface area contributed by atoms with Crippen LogP contribution in [0, 0.1) is 0 Å². The summed E-state index contributed by atoms with van der Waals surface area (Å²) in [5.41, 5.74) is 1.27. The molecule has 0 fully saturated rings. The van der Waals surface area contributed by atoms with Crippen molar-refractivity contribution in [2.75, 3.05) is 13.2 Å². The molecule has 5 nitrogen and oxygen atoms in total. The van der Waals surface area contributed by atoms with Crippen LogP contribution < -0.4 is 10.1 Å². The Balaban J connectivity index is 1.72. The quantitative estimate of drug-likeness (QED) is 0.726. The maximum absolute atomic E-state index is 5.44. The standard InChI is InChI=1S/C15H22N4O/c1-3-20-14-8-6-13(7-9-14)12(2)16-10-4-5-15-17-11-18-19-15/h6-9,11-12,16H,3-5,10H2,1-2H3,(H,17,18,19). The number of ether oxygens (including phenoxy) is 1. The Bertz CT molecular complexity index is 481. The summed E-state index contributed by atoms with van der Waals surface area (Å²) >= 11 is 0. The van der Waals surface area contributed by atoms with Crippen LogP contribution in [0.2, 0.25) is 0 Å². The number of benzene rings is 1. The molecule has 1 aromatic heterocycles. The lowest BCUT2D eigenvalue weighted by Gasteiger charge is -2.14. The average molecular weight is 274 g/mol. The van der Waals surface area contributed by atoms with Gasteiger partial charge in [0.2, 0.25) is 0 Å². The third-order valence-electron chi connectivity index (χ3n) is 3.20. The Hall–Kier alpha value is -1.88. The van der Waals surface area contributed by atoms with Crippen LogP contribution in [0.3, 0.4) is 0 Å². The van der Waals surface area contributed by atoms with Gasteiger partial charge in [0.1, 0.15) is 17.9 Å². The lowest BCUT2D eigenvalue weighted by molar-refractivity contribution is 0.340. The molecule has 108 valence electrons. The Kier molecular flexibility index (Phi) is 5.55. The summed E-state index contributed by atoms with van der Waals surface area (Å²) < 4.78 is 5.44. The van der Waals surface area contributed by atoms with Crippen molar-refractivity contribution in [1.82, 2.24) is 20.5 Å². The van der Waals surface area contributed by atoms with E-state index in [-0.39, 0.29) is 0 Å². The average Bonchev–Trinajstić information content (AvgIpc) is 2.98. The van der Waals surface area contributed by atoms with E-state index < -0.39 is 0 Å². The van der Waals surface area contributed by atoms with E-state index in [0.29, 0.717) is 12.6 Å². The van der Waals surface area contributed by atoms with Crippen LogP contribution in [0.1, 0.15) is 37.7 Å². The number of nitrogens with one attached hydrogen (secondary N) is 2. The Morgan fingerprint density at radius 1 is 1.30 bits per heavy atom. The van der Waals surface area contributed by atoms with Crippen LogP contribution in [-0.2, 0) is 6.42 Å². The molecule has 2 aromatic rings. The fourth-order valence-electron chi connectivity index (χ4n) is 2.06. The van der Waals surface area contributed by atoms with Gasteiger partial charge in [-0.25, -0.2) is 4.98 Å². The van der Waals surface area contributed by atoms with Crippen LogP contribution in [-0.4, -0.2) is 28.3 Å². The van der Waals surface area contributed by atoms with Gasteiger partial charge < -0.3 is 10.1 Å². The number of hydrogen-bond donors (Lipinski definition) is 2. The summed E-state index contributed by atoms with van der Waals surface area (Å²) in [6.07, 6.45) is 3.50. The molecule has 0 bridgehead atoms. The van der Waals surface area contributed by atoms with Crippen LogP contribution >= 0.6 is 0 Å². The number of aryl methyl sites for hydroxylation is 1. The van der Waals surface area contributed by atoms with Crippen molar-refractivity contribution in [2.24, 2.45) is 0 Å². The number of H-pyrrole nitrogens is 1. The Labute approximate surface area is 119 Å². The molecule has 0 radical (unpaired) electrons. The molecule has 1 unspecified atom stereocenters. The SMILES string of the molecule is CCOc1ccc(C(C)NCCCc2ncn[nH]2)cc1. The normalized spacial score (nSPS) is 12.3. The van der Waals surface area contributed by atoms with Crippen molar-refractivity contribution in [3.63, 3.8) is 0 Å². The Morgan fingerprint density at radius 3 is 2.75 bits per heavy atom. The van der Waals surface area contributed by atoms with Crippen molar-refractivity contribution in [2.45, 2.75) is 32.7 Å². The molecule has 0 aliphatic heterocycles. The van der Waals surface area contributed by atoms with E-state index in [0.717, 1.165) is 31.0 Å². The molecule has 5 heteroatoms. The van der Waals surface area contributed by atoms with Gasteiger partial charge in [0, 0.05) is 12.5 Å². The Morgan fingerprint density at radius 2 is 2.10 bits per heavy atom. The molecule has 0 saturated heterocycles. The van der Waals surface area contributed by atoms with E-state index in [1.54, 1.807) is 6.33 Å². The molecule has 0 spiro atoms. The summed E-state index contributed by atoms with van der Waals surface area (Å²) in [4.78, 5) is 4.11. The first-order valence-corrected chi connectivity index (χ1v) is 7.10. The van der Waals surface area contributed by atoms with Crippen LogP contribution in [0.15, 0.2) is 30.6 Å². The number of aromatic amines is 1. The van der Waals surface area contributed by atoms with E-state index in [1.165, 1.54) is 5.56 Å². The van der Waals surface area contributed by atoms with Gasteiger partial charge in [0.05, 0.1) is 6.61 Å². The second kappa shape index (κ2) is 7.65. The molecular formula is C15H22N4O. The van der Waals surface area contributed by atoms with Gasteiger partial charge in [0.25, 0.3) is 0 Å². The third kappa shape index (κ3) is 4.35. The topological polar surface area (TPSA) is 62.8 Å². The molecule has 0 aliphatic rings. The molecule has 1 heterocycles. The molecule has 20 heavy (non-hydrogen) atoms. The molecule has 2 rings (SSSR count). The van der Waals surface area contributed by atoms with E-state index in [4.69, 9.17) is 4.74 Å². The molecule has 0 amide bonds. The molecule has 1 atom stereocenters. The monoisotopic (exact) mass is 274 g/mol. The van der Waals surface area contributed by atoms with Crippen molar-refractivity contribution < 1.29 is 4.74 Å². The lowest BCUT2D eigenvalue weighted by atomic mass is 10.1. The highest BCUT2D eigenvalue weighted by Crippen LogP contribution is 2.17. The summed E-state index contributed by atoms with van der Waals surface area (Å²) in [5, 5.41) is 10.2. The van der Waals surface area contributed by atoms with E-state index >= 15 is 0 Å². The maximum Gasteiger partial charge on any atom is 0.137 e. The van der Waals surface area contributed by atoms with Crippen LogP contribution in [0.4, 0.5) is 0 Å². The van der Waals surface area contributed by atoms with Gasteiger partial charge in [-0.05, 0) is 44.5 Å². The molecule has 0 aliphatic carbocycles. The van der Waals surface area contributed by atoms with Crippen LogP contribution in [0.25, 0.3) is 0 Å². The van der Waals surface area contributed by atoms with Gasteiger partial charge in [0.15, 0.2) is 0 Å². The van der Waals surface area contributed by atoms with Crippen molar-refractivity contribution in [3.8, 4) is 5.75 Å². The molecular weight excluding hydrogens is 252 g/mol. The predicted octanol–water partition coefficient (Wildman–Crippen LogP) is 2.49. The van der Waals surface area contributed by atoms with Gasteiger partial charge >= 0.3 is 0 Å². The fourth-order valence-corrected chi connectivity index (χ4v) is 2.06. The summed E-state index contributed by atoms with van der Waals surface area (Å²) in [6, 6.07) is 8.59. The zero-order valence-electron chi connectivity index (χ0n) is 12.1. The molecule has 2 N–H and O–H groups in total. The van der Waals surface area contributed by atoms with Gasteiger partial charge in [-0.15, -0.1) is 0 Å². The first-order valence-electron chi connectivity index (χ1n) is 7.10. The van der Waals surface area contributed by atoms with Crippen LogP contribution in [0.5, 0.6) is 5.75 Å². The largest absolute Gasteiger partial charge is 0.494 e. The highest BCUT2D eigenvalue weighted by molar-refractivity contribution is 5.28. The summed E-state index contributed by atoms with van der Waals surface area (Å²) in [6.45, 7) is 5.82. The summed E-state index contributed by atoms with van der Waals surface area (Å²) in [5.74, 6) is 1.87. The van der Waals surface area contributed by atoms with Gasteiger partial charge in [-0.2, -0.15) is 5.10 Å². The smallest absolute Gasteiger partial charge is 0.137 e. The van der Waals surface area contributed by atoms with E-state index in [1.807, 2.05) is 19.1 Å². The van der Waals surface area contributed by atoms with Gasteiger partial charge in [-0.3, -0.25) is 5.10 Å². The number of hydrogen-bond acceptors (Lipinski definition) is 4. The first kappa shape index (κ1) is 14.5. The fraction of sp³-hybridized carbons (Fsp3) is 0.467. The zero-order chi connectivity index (χ0) is 14.2. The minimum absolute atomic E-state index is 0.334. The number of nitrogens with zero attached hydrogens (tertiary/aromatic N) is 2. The third-order valence-corrected chi connectivity index (χ3v) is 3.20. The minimum atomic E-state index is 0.334. The first-order chi connectivity index (χ1) is 9.79. The minimum Gasteiger partial charge on any atom is -0.494 e. The second-order valence-corrected chi connectivity index (χ2v) is 4.71. The van der Waals surface area contributed by atoms with E-state index in [9.17, 15) is 0 Å². The van der Waals surface area contributed by atoms with Crippen molar-refractivity contribution in [1.29, 1.82) is 0 Å². The highest BCUT2D eigenvalue weighted by Gasteiger charge is 2.05. The van der Waals surface area contributed by atoms with E-state index in [2.05, 4.69) is 39.6 Å². The lowest BCUT2D eigenvalue weighted by Crippen LogP contribution is -2.20. The van der Waals surface area contributed by atoms with Gasteiger partial charge in [-0.1, -0.05) is 12.1 Å². The number of aromatic nitrogens is 3. The second-order valence-electron chi connectivity index (χ2n) is 4.71. The van der Waals surface area contributed by atoms with Crippen molar-refractivity contribution >= 4 is 0 Å². The maximum atomic E-state index is 5.44.